The summed E-state index contributed by atoms with van der Waals surface area (Å²) < 4.78 is 5.35. The largest absolute Gasteiger partial charge is 0.446 e. The van der Waals surface area contributed by atoms with Gasteiger partial charge >= 0.3 is 0 Å². The molecule has 0 atom stereocenters. The lowest BCUT2D eigenvalue weighted by Crippen LogP contribution is -2.08. The Labute approximate surface area is 67.6 Å². The number of aryl methyl sites for hydroxylation is 1. The zero-order chi connectivity index (χ0) is 8.48. The average Bonchev–Trinajstić information content (AvgIpc) is 2.10. The molecule has 1 aromatic heterocycles. The van der Waals surface area contributed by atoms with Crippen molar-refractivity contribution >= 4 is 0 Å². The Balaban J connectivity index is 2.65. The van der Waals surface area contributed by atoms with Gasteiger partial charge in [-0.3, -0.25) is 0 Å². The smallest absolute Gasteiger partial charge is 0.191 e. The van der Waals surface area contributed by atoms with Gasteiger partial charge in [0.05, 0.1) is 6.20 Å². The van der Waals surface area contributed by atoms with Crippen LogP contribution in [-0.2, 0) is 6.42 Å². The van der Waals surface area contributed by atoms with Gasteiger partial charge in [-0.05, 0) is 5.41 Å². The number of hydrogen-bond acceptors (Lipinski definition) is 2. The topological polar surface area (TPSA) is 26.0 Å². The second kappa shape index (κ2) is 2.68. The highest BCUT2D eigenvalue weighted by atomic mass is 16.3. The van der Waals surface area contributed by atoms with Gasteiger partial charge in [-0.1, -0.05) is 20.8 Å². The maximum absolute atomic E-state index is 5.35. The van der Waals surface area contributed by atoms with Gasteiger partial charge in [0.15, 0.2) is 5.89 Å². The maximum atomic E-state index is 5.35. The molecule has 0 aliphatic heterocycles. The van der Waals surface area contributed by atoms with Crippen LogP contribution >= 0.6 is 0 Å². The Bertz CT molecular complexity index is 232. The molecule has 2 nitrogen and oxygen atoms in total. The number of rotatable bonds is 1. The molecule has 0 bridgehead atoms. The van der Waals surface area contributed by atoms with E-state index in [1.54, 1.807) is 6.20 Å². The molecular formula is C9H15NO. The fourth-order valence-corrected chi connectivity index (χ4v) is 1.01. The summed E-state index contributed by atoms with van der Waals surface area (Å²) in [7, 11) is 0. The van der Waals surface area contributed by atoms with Gasteiger partial charge in [-0.2, -0.15) is 0 Å². The van der Waals surface area contributed by atoms with Gasteiger partial charge in [-0.25, -0.2) is 4.98 Å². The molecule has 2 heteroatoms. The summed E-state index contributed by atoms with van der Waals surface area (Å²) in [6.07, 6.45) is 2.76. The minimum atomic E-state index is 0.284. The summed E-state index contributed by atoms with van der Waals surface area (Å²) in [5.74, 6) is 1.74. The van der Waals surface area contributed by atoms with Gasteiger partial charge in [0.25, 0.3) is 0 Å². The highest BCUT2D eigenvalue weighted by molar-refractivity contribution is 4.95. The number of nitrogens with zero attached hydrogens (tertiary/aromatic N) is 1. The van der Waals surface area contributed by atoms with Crippen LogP contribution in [0.3, 0.4) is 0 Å². The highest BCUT2D eigenvalue weighted by Crippen LogP contribution is 2.20. The van der Waals surface area contributed by atoms with E-state index in [2.05, 4.69) is 25.8 Å². The first kappa shape index (κ1) is 8.31. The Kier molecular flexibility index (Phi) is 2.03. The van der Waals surface area contributed by atoms with Crippen LogP contribution in [-0.4, -0.2) is 4.98 Å². The van der Waals surface area contributed by atoms with Crippen molar-refractivity contribution in [2.45, 2.75) is 34.1 Å². The number of oxazole rings is 1. The third-order valence-corrected chi connectivity index (χ3v) is 1.37. The summed E-state index contributed by atoms with van der Waals surface area (Å²) in [4.78, 5) is 4.03. The fourth-order valence-electron chi connectivity index (χ4n) is 1.01. The van der Waals surface area contributed by atoms with Crippen molar-refractivity contribution in [1.29, 1.82) is 0 Å². The summed E-state index contributed by atoms with van der Waals surface area (Å²) in [6, 6.07) is 0. The minimum Gasteiger partial charge on any atom is -0.446 e. The van der Waals surface area contributed by atoms with Crippen LogP contribution in [0, 0.1) is 12.3 Å². The molecule has 0 amide bonds. The van der Waals surface area contributed by atoms with Crippen molar-refractivity contribution < 1.29 is 4.42 Å². The van der Waals surface area contributed by atoms with Gasteiger partial charge in [0, 0.05) is 13.3 Å². The molecule has 1 rings (SSSR count). The lowest BCUT2D eigenvalue weighted by molar-refractivity contribution is 0.356. The second-order valence-electron chi connectivity index (χ2n) is 4.08. The molecule has 0 radical (unpaired) electrons. The third kappa shape index (κ3) is 2.74. The molecule has 62 valence electrons. The lowest BCUT2D eigenvalue weighted by Gasteiger charge is -2.14. The highest BCUT2D eigenvalue weighted by Gasteiger charge is 2.13. The predicted octanol–water partition coefficient (Wildman–Crippen LogP) is 2.57. The molecule has 0 spiro atoms. The van der Waals surface area contributed by atoms with E-state index < -0.39 is 0 Å². The van der Waals surface area contributed by atoms with E-state index in [0.717, 1.165) is 18.1 Å². The molecular weight excluding hydrogens is 138 g/mol. The zero-order valence-electron chi connectivity index (χ0n) is 7.64. The monoisotopic (exact) mass is 153 g/mol. The Morgan fingerprint density at radius 1 is 1.45 bits per heavy atom. The maximum Gasteiger partial charge on any atom is 0.191 e. The number of hydrogen-bond donors (Lipinski definition) is 0. The van der Waals surface area contributed by atoms with Crippen molar-refractivity contribution in [3.05, 3.63) is 17.8 Å². The first-order valence-corrected chi connectivity index (χ1v) is 3.89. The molecule has 0 saturated carbocycles. The van der Waals surface area contributed by atoms with Crippen LogP contribution in [0.2, 0.25) is 0 Å². The quantitative estimate of drug-likeness (QED) is 0.619. The van der Waals surface area contributed by atoms with Crippen LogP contribution in [0.15, 0.2) is 10.6 Å². The second-order valence-corrected chi connectivity index (χ2v) is 4.08. The summed E-state index contributed by atoms with van der Waals surface area (Å²) >= 11 is 0. The summed E-state index contributed by atoms with van der Waals surface area (Å²) in [5, 5.41) is 0. The lowest BCUT2D eigenvalue weighted by atomic mass is 9.91. The Hall–Kier alpha value is -0.790. The molecule has 0 aromatic carbocycles. The van der Waals surface area contributed by atoms with Crippen molar-refractivity contribution in [2.75, 3.05) is 0 Å². The van der Waals surface area contributed by atoms with Crippen molar-refractivity contribution in [1.82, 2.24) is 4.98 Å². The standard InChI is InChI=1S/C9H15NO/c1-7-10-6-8(11-7)5-9(2,3)4/h6H,5H2,1-4H3. The summed E-state index contributed by atoms with van der Waals surface area (Å²) in [5.41, 5.74) is 0.284. The normalized spacial score (nSPS) is 12.0. The molecule has 0 unspecified atom stereocenters. The first-order chi connectivity index (χ1) is 4.97. The van der Waals surface area contributed by atoms with Crippen molar-refractivity contribution in [3.8, 4) is 0 Å². The van der Waals surface area contributed by atoms with Gasteiger partial charge < -0.3 is 4.42 Å². The van der Waals surface area contributed by atoms with Crippen LogP contribution in [0.25, 0.3) is 0 Å². The van der Waals surface area contributed by atoms with Crippen LogP contribution in [0.5, 0.6) is 0 Å². The van der Waals surface area contributed by atoms with E-state index in [1.807, 2.05) is 6.92 Å². The Morgan fingerprint density at radius 3 is 2.45 bits per heavy atom. The van der Waals surface area contributed by atoms with E-state index >= 15 is 0 Å². The SMILES string of the molecule is Cc1ncc(CC(C)(C)C)o1. The molecule has 1 heterocycles. The van der Waals surface area contributed by atoms with E-state index in [9.17, 15) is 0 Å². The predicted molar refractivity (Wildman–Crippen MR) is 44.4 cm³/mol. The van der Waals surface area contributed by atoms with E-state index in [-0.39, 0.29) is 5.41 Å². The van der Waals surface area contributed by atoms with Crippen molar-refractivity contribution in [3.63, 3.8) is 0 Å². The van der Waals surface area contributed by atoms with Crippen LogP contribution < -0.4 is 0 Å². The van der Waals surface area contributed by atoms with Crippen LogP contribution in [0.4, 0.5) is 0 Å². The van der Waals surface area contributed by atoms with Gasteiger partial charge in [0.2, 0.25) is 0 Å². The fraction of sp³-hybridized carbons (Fsp3) is 0.667. The molecule has 0 aliphatic carbocycles. The molecule has 0 saturated heterocycles. The average molecular weight is 153 g/mol. The molecule has 0 N–H and O–H groups in total. The molecule has 11 heavy (non-hydrogen) atoms. The number of aromatic nitrogens is 1. The molecule has 0 fully saturated rings. The van der Waals surface area contributed by atoms with E-state index in [1.165, 1.54) is 0 Å². The van der Waals surface area contributed by atoms with Crippen LogP contribution in [0.1, 0.15) is 32.4 Å². The zero-order valence-corrected chi connectivity index (χ0v) is 7.64. The van der Waals surface area contributed by atoms with E-state index in [0.29, 0.717) is 0 Å². The molecule has 1 aromatic rings. The van der Waals surface area contributed by atoms with Gasteiger partial charge in [-0.15, -0.1) is 0 Å². The van der Waals surface area contributed by atoms with Gasteiger partial charge in [0.1, 0.15) is 5.76 Å². The minimum absolute atomic E-state index is 0.284. The summed E-state index contributed by atoms with van der Waals surface area (Å²) in [6.45, 7) is 8.42. The Morgan fingerprint density at radius 2 is 2.09 bits per heavy atom. The third-order valence-electron chi connectivity index (χ3n) is 1.37. The first-order valence-electron chi connectivity index (χ1n) is 3.89. The molecule has 0 aliphatic rings. The van der Waals surface area contributed by atoms with Crippen molar-refractivity contribution in [2.24, 2.45) is 5.41 Å². The van der Waals surface area contributed by atoms with E-state index in [4.69, 9.17) is 4.42 Å².